The van der Waals surface area contributed by atoms with Gasteiger partial charge in [-0.15, -0.1) is 0 Å². The van der Waals surface area contributed by atoms with E-state index in [1.54, 1.807) is 12.1 Å². The molecule has 0 saturated heterocycles. The first kappa shape index (κ1) is 13.8. The molecule has 1 aromatic carbocycles. The van der Waals surface area contributed by atoms with E-state index in [-0.39, 0.29) is 5.75 Å². The van der Waals surface area contributed by atoms with E-state index in [2.05, 4.69) is 9.97 Å². The largest absolute Gasteiger partial charge is 0.494 e. The molecule has 3 rings (SSSR count). The lowest BCUT2D eigenvalue weighted by atomic mass is 10.0. The van der Waals surface area contributed by atoms with E-state index in [1.165, 1.54) is 26.0 Å². The number of nitrogens with zero attached hydrogens (tertiary/aromatic N) is 2. The number of ether oxygens (including phenoxy) is 1. The molecule has 1 aromatic heterocycles. The summed E-state index contributed by atoms with van der Waals surface area (Å²) in [7, 11) is 1.44. The van der Waals surface area contributed by atoms with Gasteiger partial charge in [0.25, 0.3) is 0 Å². The lowest BCUT2D eigenvalue weighted by Gasteiger charge is -2.11. The Hall–Kier alpha value is -2.17. The molecule has 5 heteroatoms. The van der Waals surface area contributed by atoms with Crippen molar-refractivity contribution in [1.29, 1.82) is 0 Å². The predicted molar refractivity (Wildman–Crippen MR) is 79.6 cm³/mol. The van der Waals surface area contributed by atoms with Gasteiger partial charge in [0.05, 0.1) is 7.11 Å². The van der Waals surface area contributed by atoms with Crippen molar-refractivity contribution in [3.8, 4) is 17.1 Å². The number of benzene rings is 1. The molecule has 0 radical (unpaired) electrons. The van der Waals surface area contributed by atoms with Crippen LogP contribution in [0.5, 0.6) is 5.75 Å². The van der Waals surface area contributed by atoms with Crippen molar-refractivity contribution in [3.63, 3.8) is 0 Å². The van der Waals surface area contributed by atoms with Gasteiger partial charge in [-0.2, -0.15) is 0 Å². The van der Waals surface area contributed by atoms with Gasteiger partial charge in [0.2, 0.25) is 0 Å². The SMILES string of the molecule is COc1cc(-c2nc(N)cc(C3CCCC3)n2)ccc1F. The van der Waals surface area contributed by atoms with Crippen molar-refractivity contribution in [1.82, 2.24) is 9.97 Å². The summed E-state index contributed by atoms with van der Waals surface area (Å²) in [6, 6.07) is 6.45. The van der Waals surface area contributed by atoms with Gasteiger partial charge in [0.1, 0.15) is 5.82 Å². The standard InChI is InChI=1S/C16H18FN3O/c1-21-14-8-11(6-7-12(14)17)16-19-13(9-15(18)20-16)10-4-2-3-5-10/h6-10H,2-5H2,1H3,(H2,18,19,20). The van der Waals surface area contributed by atoms with E-state index < -0.39 is 5.82 Å². The third-order valence-electron chi connectivity index (χ3n) is 3.95. The van der Waals surface area contributed by atoms with Gasteiger partial charge >= 0.3 is 0 Å². The van der Waals surface area contributed by atoms with Crippen molar-refractivity contribution in [2.24, 2.45) is 0 Å². The van der Waals surface area contributed by atoms with Crippen LogP contribution in [-0.4, -0.2) is 17.1 Å². The van der Waals surface area contributed by atoms with Gasteiger partial charge in [0.15, 0.2) is 17.4 Å². The minimum atomic E-state index is -0.402. The summed E-state index contributed by atoms with van der Waals surface area (Å²) in [5, 5.41) is 0. The topological polar surface area (TPSA) is 61.0 Å². The van der Waals surface area contributed by atoms with Crippen molar-refractivity contribution in [2.45, 2.75) is 31.6 Å². The first-order chi connectivity index (χ1) is 10.2. The van der Waals surface area contributed by atoms with Crippen LogP contribution in [0.25, 0.3) is 11.4 Å². The lowest BCUT2D eigenvalue weighted by Crippen LogP contribution is -2.03. The van der Waals surface area contributed by atoms with Crippen LogP contribution in [0.2, 0.25) is 0 Å². The summed E-state index contributed by atoms with van der Waals surface area (Å²) < 4.78 is 18.5. The Morgan fingerprint density at radius 1 is 1.19 bits per heavy atom. The number of rotatable bonds is 3. The Kier molecular flexibility index (Phi) is 3.73. The monoisotopic (exact) mass is 287 g/mol. The summed E-state index contributed by atoms with van der Waals surface area (Å²) in [5.74, 6) is 1.21. The third-order valence-corrected chi connectivity index (χ3v) is 3.95. The van der Waals surface area contributed by atoms with Crippen LogP contribution in [0.15, 0.2) is 24.3 Å². The Labute approximate surface area is 123 Å². The summed E-state index contributed by atoms with van der Waals surface area (Å²) in [5.41, 5.74) is 7.60. The molecule has 0 atom stereocenters. The molecule has 0 aliphatic heterocycles. The number of aromatic nitrogens is 2. The van der Waals surface area contributed by atoms with Gasteiger partial charge in [-0.05, 0) is 31.0 Å². The molecule has 2 N–H and O–H groups in total. The Morgan fingerprint density at radius 2 is 1.95 bits per heavy atom. The Morgan fingerprint density at radius 3 is 2.67 bits per heavy atom. The molecule has 0 bridgehead atoms. The highest BCUT2D eigenvalue weighted by atomic mass is 19.1. The van der Waals surface area contributed by atoms with E-state index in [0.717, 1.165) is 18.5 Å². The first-order valence-corrected chi connectivity index (χ1v) is 7.16. The molecule has 0 amide bonds. The maximum absolute atomic E-state index is 13.5. The number of nitrogens with two attached hydrogens (primary N) is 1. The number of methoxy groups -OCH3 is 1. The molecule has 0 spiro atoms. The molecule has 0 unspecified atom stereocenters. The zero-order chi connectivity index (χ0) is 14.8. The Bertz CT molecular complexity index is 654. The van der Waals surface area contributed by atoms with Crippen molar-refractivity contribution in [3.05, 3.63) is 35.8 Å². The fourth-order valence-electron chi connectivity index (χ4n) is 2.84. The maximum Gasteiger partial charge on any atom is 0.165 e. The normalized spacial score (nSPS) is 15.3. The van der Waals surface area contributed by atoms with E-state index >= 15 is 0 Å². The number of halogens is 1. The second kappa shape index (κ2) is 5.68. The summed E-state index contributed by atoms with van der Waals surface area (Å²) in [6.45, 7) is 0. The van der Waals surface area contributed by atoms with E-state index in [9.17, 15) is 4.39 Å². The molecule has 21 heavy (non-hydrogen) atoms. The zero-order valence-electron chi connectivity index (χ0n) is 12.0. The second-order valence-electron chi connectivity index (χ2n) is 5.37. The molecule has 110 valence electrons. The second-order valence-corrected chi connectivity index (χ2v) is 5.37. The highest BCUT2D eigenvalue weighted by molar-refractivity contribution is 5.59. The summed E-state index contributed by atoms with van der Waals surface area (Å²) >= 11 is 0. The highest BCUT2D eigenvalue weighted by Crippen LogP contribution is 2.34. The van der Waals surface area contributed by atoms with Crippen molar-refractivity contribution < 1.29 is 9.13 Å². The average Bonchev–Trinajstić information content (AvgIpc) is 3.01. The fourth-order valence-corrected chi connectivity index (χ4v) is 2.84. The van der Waals surface area contributed by atoms with Crippen LogP contribution in [0.3, 0.4) is 0 Å². The van der Waals surface area contributed by atoms with Gasteiger partial charge in [-0.1, -0.05) is 12.8 Å². The minimum absolute atomic E-state index is 0.181. The predicted octanol–water partition coefficient (Wildman–Crippen LogP) is 3.53. The van der Waals surface area contributed by atoms with E-state index in [1.807, 2.05) is 6.07 Å². The minimum Gasteiger partial charge on any atom is -0.494 e. The van der Waals surface area contributed by atoms with Gasteiger partial charge in [-0.3, -0.25) is 0 Å². The van der Waals surface area contributed by atoms with E-state index in [4.69, 9.17) is 10.5 Å². The van der Waals surface area contributed by atoms with Crippen LogP contribution in [0, 0.1) is 5.82 Å². The number of hydrogen-bond donors (Lipinski definition) is 1. The number of hydrogen-bond acceptors (Lipinski definition) is 4. The Balaban J connectivity index is 2.01. The van der Waals surface area contributed by atoms with Crippen molar-refractivity contribution in [2.75, 3.05) is 12.8 Å². The highest BCUT2D eigenvalue weighted by Gasteiger charge is 2.20. The third kappa shape index (κ3) is 2.82. The number of nitrogen functional groups attached to an aromatic ring is 1. The molecule has 1 aliphatic carbocycles. The quantitative estimate of drug-likeness (QED) is 0.938. The lowest BCUT2D eigenvalue weighted by molar-refractivity contribution is 0.386. The molecule has 1 saturated carbocycles. The van der Waals surface area contributed by atoms with Crippen molar-refractivity contribution >= 4 is 5.82 Å². The van der Waals surface area contributed by atoms with Crippen LogP contribution in [-0.2, 0) is 0 Å². The summed E-state index contributed by atoms with van der Waals surface area (Å²) in [6.07, 6.45) is 4.74. The van der Waals surface area contributed by atoms with E-state index in [0.29, 0.717) is 23.1 Å². The molecule has 4 nitrogen and oxygen atoms in total. The fraction of sp³-hybridized carbons (Fsp3) is 0.375. The number of anilines is 1. The zero-order valence-corrected chi connectivity index (χ0v) is 12.0. The first-order valence-electron chi connectivity index (χ1n) is 7.16. The van der Waals surface area contributed by atoms with Crippen LogP contribution >= 0.6 is 0 Å². The van der Waals surface area contributed by atoms with Crippen LogP contribution in [0.4, 0.5) is 10.2 Å². The molecular weight excluding hydrogens is 269 g/mol. The average molecular weight is 287 g/mol. The van der Waals surface area contributed by atoms with Crippen LogP contribution < -0.4 is 10.5 Å². The van der Waals surface area contributed by atoms with Crippen LogP contribution in [0.1, 0.15) is 37.3 Å². The van der Waals surface area contributed by atoms with Gasteiger partial charge in [0, 0.05) is 23.2 Å². The maximum atomic E-state index is 13.5. The smallest absolute Gasteiger partial charge is 0.165 e. The molecule has 1 fully saturated rings. The van der Waals surface area contributed by atoms with Gasteiger partial charge in [-0.25, -0.2) is 14.4 Å². The molecule has 2 aromatic rings. The molecule has 1 aliphatic rings. The van der Waals surface area contributed by atoms with Gasteiger partial charge < -0.3 is 10.5 Å². The molecule has 1 heterocycles. The molecular formula is C16H18FN3O. The summed E-state index contributed by atoms with van der Waals surface area (Å²) in [4.78, 5) is 8.89.